The van der Waals surface area contributed by atoms with Gasteiger partial charge in [-0.3, -0.25) is 4.79 Å². The lowest BCUT2D eigenvalue weighted by molar-refractivity contribution is -0.116. The Kier molecular flexibility index (Phi) is 6.18. The van der Waals surface area contributed by atoms with Crippen molar-refractivity contribution in [3.63, 3.8) is 0 Å². The maximum Gasteiger partial charge on any atom is 0.240 e. The monoisotopic (exact) mass is 475 g/mol. The Morgan fingerprint density at radius 1 is 1.06 bits per heavy atom. The van der Waals surface area contributed by atoms with E-state index in [1.165, 1.54) is 23.9 Å². The number of nitrogens with zero attached hydrogens (tertiary/aromatic N) is 3. The molecular weight excluding hydrogens is 453 g/mol. The zero-order chi connectivity index (χ0) is 23.5. The Hall–Kier alpha value is -3.85. The number of anilines is 1. The van der Waals surface area contributed by atoms with E-state index in [0.717, 1.165) is 16.9 Å². The molecule has 0 unspecified atom stereocenters. The normalized spacial score (nSPS) is 16.9. The van der Waals surface area contributed by atoms with Crippen LogP contribution in [-0.4, -0.2) is 32.6 Å². The van der Waals surface area contributed by atoms with E-state index in [1.54, 1.807) is 16.8 Å². The molecule has 7 nitrogen and oxygen atoms in total. The number of hydrogen-bond acceptors (Lipinski definition) is 6. The van der Waals surface area contributed by atoms with Crippen molar-refractivity contribution in [2.45, 2.75) is 23.4 Å². The number of rotatable bonds is 6. The highest BCUT2D eigenvalue weighted by Crippen LogP contribution is 2.39. The van der Waals surface area contributed by atoms with Gasteiger partial charge >= 0.3 is 0 Å². The van der Waals surface area contributed by atoms with Crippen LogP contribution in [0.4, 0.5) is 10.1 Å². The van der Waals surface area contributed by atoms with Gasteiger partial charge < -0.3 is 15.5 Å². The van der Waals surface area contributed by atoms with E-state index < -0.39 is 17.1 Å². The number of ether oxygens (including phenoxy) is 1. The van der Waals surface area contributed by atoms with Crippen molar-refractivity contribution in [3.8, 4) is 17.1 Å². The number of nitrogens with one attached hydrogen (secondary N) is 2. The molecule has 0 aliphatic carbocycles. The van der Waals surface area contributed by atoms with E-state index in [2.05, 4.69) is 20.9 Å². The van der Waals surface area contributed by atoms with Crippen LogP contribution in [0.3, 0.4) is 0 Å². The Morgan fingerprint density at radius 2 is 1.79 bits per heavy atom. The van der Waals surface area contributed by atoms with Gasteiger partial charge in [0.1, 0.15) is 16.8 Å². The molecular formula is C25H22FN5O2S. The van der Waals surface area contributed by atoms with Gasteiger partial charge in [-0.1, -0.05) is 66.4 Å². The smallest absolute Gasteiger partial charge is 0.240 e. The first kappa shape index (κ1) is 22.0. The number of halogens is 1. The summed E-state index contributed by atoms with van der Waals surface area (Å²) in [5.41, 5.74) is 5.33. The molecule has 0 spiro atoms. The molecule has 1 aliphatic heterocycles. The lowest BCUT2D eigenvalue weighted by Crippen LogP contribution is -2.41. The van der Waals surface area contributed by atoms with Crippen molar-refractivity contribution in [2.24, 2.45) is 0 Å². The number of carbonyl (C=O) groups excluding carboxylic acids is 1. The quantitative estimate of drug-likeness (QED) is 0.414. The summed E-state index contributed by atoms with van der Waals surface area (Å²) in [6, 6.07) is 23.0. The van der Waals surface area contributed by atoms with Crippen LogP contribution in [-0.2, 0) is 4.79 Å². The number of benzene rings is 3. The second-order valence-corrected chi connectivity index (χ2v) is 8.73. The van der Waals surface area contributed by atoms with Gasteiger partial charge in [-0.2, -0.15) is 0 Å². The highest BCUT2D eigenvalue weighted by Gasteiger charge is 2.38. The molecule has 0 bridgehead atoms. The molecule has 1 amide bonds. The van der Waals surface area contributed by atoms with Gasteiger partial charge in [0.15, 0.2) is 5.82 Å². The van der Waals surface area contributed by atoms with E-state index >= 15 is 0 Å². The minimum atomic E-state index is -0.627. The number of para-hydroxylation sites is 1. The van der Waals surface area contributed by atoms with Crippen LogP contribution in [0, 0.1) is 5.82 Å². The molecule has 0 saturated carbocycles. The van der Waals surface area contributed by atoms with Gasteiger partial charge in [0.25, 0.3) is 0 Å². The van der Waals surface area contributed by atoms with Gasteiger partial charge in [0, 0.05) is 5.56 Å². The summed E-state index contributed by atoms with van der Waals surface area (Å²) in [4.78, 5) is 13.3. The molecule has 0 radical (unpaired) electrons. The Balaban J connectivity index is 1.51. The zero-order valence-electron chi connectivity index (χ0n) is 18.3. The molecule has 2 atom stereocenters. The molecule has 3 aromatic carbocycles. The van der Waals surface area contributed by atoms with E-state index in [4.69, 9.17) is 4.74 Å². The van der Waals surface area contributed by atoms with Crippen molar-refractivity contribution in [2.75, 3.05) is 17.3 Å². The van der Waals surface area contributed by atoms with Gasteiger partial charge in [-0.15, -0.1) is 10.2 Å². The molecule has 1 aromatic heterocycles. The first-order valence-corrected chi connectivity index (χ1v) is 11.7. The number of thioether (sulfide) groups is 1. The molecule has 2 heterocycles. The maximum atomic E-state index is 14.2. The van der Waals surface area contributed by atoms with E-state index in [9.17, 15) is 9.18 Å². The molecule has 2 N–H and O–H groups in total. The highest BCUT2D eigenvalue weighted by atomic mass is 32.2. The summed E-state index contributed by atoms with van der Waals surface area (Å²) in [7, 11) is 0. The summed E-state index contributed by atoms with van der Waals surface area (Å²) in [5, 5.41) is 11.3. The van der Waals surface area contributed by atoms with Crippen molar-refractivity contribution >= 4 is 23.4 Å². The predicted octanol–water partition coefficient (Wildman–Crippen LogP) is 4.88. The fourth-order valence-electron chi connectivity index (χ4n) is 3.78. The fourth-order valence-corrected chi connectivity index (χ4v) is 4.86. The lowest BCUT2D eigenvalue weighted by atomic mass is 10.0. The standard InChI is InChI=1S/C25H22FN5O2S/c1-2-33-18-14-12-16(13-15-18)21-22(24(32)27-20-11-7-6-10-19(20)26)34-25-29-28-23(31(25)30-21)17-8-4-3-5-9-17/h3-15,21-22,30H,2H2,1H3,(H,27,32)/t21-,22+/m1/s1. The van der Waals surface area contributed by atoms with Crippen LogP contribution in [0.25, 0.3) is 11.4 Å². The largest absolute Gasteiger partial charge is 0.494 e. The van der Waals surface area contributed by atoms with Gasteiger partial charge in [-0.05, 0) is 36.8 Å². The summed E-state index contributed by atoms with van der Waals surface area (Å²) < 4.78 is 21.6. The molecule has 0 saturated heterocycles. The van der Waals surface area contributed by atoms with Crippen molar-refractivity contribution in [3.05, 3.63) is 90.2 Å². The van der Waals surface area contributed by atoms with Crippen LogP contribution in [0.15, 0.2) is 84.0 Å². The van der Waals surface area contributed by atoms with Gasteiger partial charge in [-0.25, -0.2) is 9.07 Å². The molecule has 9 heteroatoms. The van der Waals surface area contributed by atoms with Crippen molar-refractivity contribution in [1.82, 2.24) is 14.9 Å². The first-order valence-electron chi connectivity index (χ1n) is 10.9. The van der Waals surface area contributed by atoms with Crippen LogP contribution < -0.4 is 15.5 Å². The third kappa shape index (κ3) is 4.34. The topological polar surface area (TPSA) is 81.1 Å². The second-order valence-electron chi connectivity index (χ2n) is 7.62. The molecule has 5 rings (SSSR count). The summed E-state index contributed by atoms with van der Waals surface area (Å²) in [6.07, 6.45) is 0. The molecule has 1 aliphatic rings. The summed E-state index contributed by atoms with van der Waals surface area (Å²) in [6.45, 7) is 2.49. The van der Waals surface area contributed by atoms with Crippen LogP contribution in [0.2, 0.25) is 0 Å². The highest BCUT2D eigenvalue weighted by molar-refractivity contribution is 8.00. The molecule has 34 heavy (non-hydrogen) atoms. The van der Waals surface area contributed by atoms with Crippen LogP contribution >= 0.6 is 11.8 Å². The Bertz CT molecular complexity index is 1300. The van der Waals surface area contributed by atoms with E-state index in [-0.39, 0.29) is 11.6 Å². The van der Waals surface area contributed by atoms with E-state index in [0.29, 0.717) is 17.6 Å². The number of fused-ring (bicyclic) bond motifs is 1. The molecule has 172 valence electrons. The second kappa shape index (κ2) is 9.56. The number of hydrogen-bond donors (Lipinski definition) is 2. The summed E-state index contributed by atoms with van der Waals surface area (Å²) >= 11 is 1.28. The fraction of sp³-hybridized carbons (Fsp3) is 0.160. The van der Waals surface area contributed by atoms with Crippen LogP contribution in [0.5, 0.6) is 5.75 Å². The number of aromatic nitrogens is 3. The predicted molar refractivity (Wildman–Crippen MR) is 130 cm³/mol. The third-order valence-corrected chi connectivity index (χ3v) is 6.62. The van der Waals surface area contributed by atoms with Gasteiger partial charge in [0.05, 0.1) is 18.3 Å². The number of carbonyl (C=O) groups is 1. The van der Waals surface area contributed by atoms with Crippen molar-refractivity contribution in [1.29, 1.82) is 0 Å². The summed E-state index contributed by atoms with van der Waals surface area (Å²) in [5.74, 6) is 0.567. The first-order chi connectivity index (χ1) is 16.6. The van der Waals surface area contributed by atoms with Crippen molar-refractivity contribution < 1.29 is 13.9 Å². The lowest BCUT2D eigenvalue weighted by Gasteiger charge is -2.33. The average Bonchev–Trinajstić information content (AvgIpc) is 3.29. The average molecular weight is 476 g/mol. The number of amides is 1. The molecule has 4 aromatic rings. The Morgan fingerprint density at radius 3 is 2.53 bits per heavy atom. The van der Waals surface area contributed by atoms with Gasteiger partial charge in [0.2, 0.25) is 11.1 Å². The SMILES string of the molecule is CCOc1ccc([C@H]2Nn3c(nnc3-c3ccccc3)S[C@@H]2C(=O)Nc2ccccc2F)cc1. The minimum Gasteiger partial charge on any atom is -0.494 e. The zero-order valence-corrected chi connectivity index (χ0v) is 19.1. The maximum absolute atomic E-state index is 14.2. The van der Waals surface area contributed by atoms with E-state index in [1.807, 2.05) is 61.5 Å². The minimum absolute atomic E-state index is 0.135. The Labute approximate surface area is 200 Å². The van der Waals surface area contributed by atoms with Crippen LogP contribution in [0.1, 0.15) is 18.5 Å². The molecule has 0 fully saturated rings. The third-order valence-electron chi connectivity index (χ3n) is 5.41.